The Balaban J connectivity index is 0.00000180. The van der Waals surface area contributed by atoms with Crippen molar-refractivity contribution in [1.82, 2.24) is 10.2 Å². The van der Waals surface area contributed by atoms with E-state index in [1.54, 1.807) is 0 Å². The molecule has 1 aliphatic heterocycles. The zero-order valence-electron chi connectivity index (χ0n) is 11.4. The molecule has 1 aromatic rings. The van der Waals surface area contributed by atoms with Crippen molar-refractivity contribution in [3.63, 3.8) is 0 Å². The molecule has 1 fully saturated rings. The van der Waals surface area contributed by atoms with E-state index < -0.39 is 0 Å². The van der Waals surface area contributed by atoms with Gasteiger partial charge in [-0.2, -0.15) is 0 Å². The minimum Gasteiger partial charge on any atom is -0.336 e. The van der Waals surface area contributed by atoms with Crippen LogP contribution in [0.2, 0.25) is 0 Å². The standard InChI is InChI=1S/C14H19BrN2O.ClH/c1-9-4-5-12(6-13(9)15)14(18)17-7-10(2)16-11(3)8-17;/h4-6,10-11,16H,7-8H2,1-3H3;1H. The molecule has 0 radical (unpaired) electrons. The van der Waals surface area contributed by atoms with Crippen LogP contribution in [0.15, 0.2) is 22.7 Å². The van der Waals surface area contributed by atoms with Crippen LogP contribution in [-0.4, -0.2) is 36.0 Å². The largest absolute Gasteiger partial charge is 0.336 e. The van der Waals surface area contributed by atoms with Crippen molar-refractivity contribution in [2.24, 2.45) is 0 Å². The van der Waals surface area contributed by atoms with Crippen molar-refractivity contribution in [3.8, 4) is 0 Å². The molecule has 1 N–H and O–H groups in total. The van der Waals surface area contributed by atoms with E-state index in [1.165, 1.54) is 0 Å². The van der Waals surface area contributed by atoms with E-state index in [-0.39, 0.29) is 18.3 Å². The SMILES string of the molecule is Cc1ccc(C(=O)N2CC(C)NC(C)C2)cc1Br.Cl. The summed E-state index contributed by atoms with van der Waals surface area (Å²) in [6, 6.07) is 6.50. The third-order valence-electron chi connectivity index (χ3n) is 3.26. The molecule has 1 heterocycles. The van der Waals surface area contributed by atoms with E-state index in [0.717, 1.165) is 28.7 Å². The van der Waals surface area contributed by atoms with Gasteiger partial charge in [-0.3, -0.25) is 4.79 Å². The molecule has 1 saturated heterocycles. The van der Waals surface area contributed by atoms with Gasteiger partial charge >= 0.3 is 0 Å². The third kappa shape index (κ3) is 3.94. The lowest BCUT2D eigenvalue weighted by Crippen LogP contribution is -2.55. The number of hydrogen-bond acceptors (Lipinski definition) is 2. The topological polar surface area (TPSA) is 32.3 Å². The fourth-order valence-corrected chi connectivity index (χ4v) is 2.78. The quantitative estimate of drug-likeness (QED) is 0.847. The summed E-state index contributed by atoms with van der Waals surface area (Å²) in [5, 5.41) is 3.43. The zero-order valence-corrected chi connectivity index (χ0v) is 13.8. The third-order valence-corrected chi connectivity index (χ3v) is 4.12. The summed E-state index contributed by atoms with van der Waals surface area (Å²) >= 11 is 3.48. The van der Waals surface area contributed by atoms with E-state index in [9.17, 15) is 4.79 Å². The van der Waals surface area contributed by atoms with Gasteiger partial charge in [0.25, 0.3) is 5.91 Å². The monoisotopic (exact) mass is 346 g/mol. The zero-order chi connectivity index (χ0) is 13.3. The number of amides is 1. The molecule has 1 aliphatic rings. The minimum atomic E-state index is 0. The molecule has 0 spiro atoms. The smallest absolute Gasteiger partial charge is 0.253 e. The van der Waals surface area contributed by atoms with E-state index >= 15 is 0 Å². The average Bonchev–Trinajstić information content (AvgIpc) is 2.30. The number of nitrogens with one attached hydrogen (secondary N) is 1. The lowest BCUT2D eigenvalue weighted by atomic mass is 10.1. The number of aryl methyl sites for hydroxylation is 1. The van der Waals surface area contributed by atoms with Gasteiger partial charge in [-0.15, -0.1) is 12.4 Å². The first-order valence-corrected chi connectivity index (χ1v) is 7.08. The van der Waals surface area contributed by atoms with Crippen LogP contribution in [0, 0.1) is 6.92 Å². The second-order valence-electron chi connectivity index (χ2n) is 5.14. The number of rotatable bonds is 1. The highest BCUT2D eigenvalue weighted by Crippen LogP contribution is 2.19. The maximum atomic E-state index is 12.4. The van der Waals surface area contributed by atoms with Crippen LogP contribution in [0.3, 0.4) is 0 Å². The molecule has 0 aliphatic carbocycles. The van der Waals surface area contributed by atoms with Crippen LogP contribution in [-0.2, 0) is 0 Å². The van der Waals surface area contributed by atoms with Crippen molar-refractivity contribution < 1.29 is 4.79 Å². The number of hydrogen-bond donors (Lipinski definition) is 1. The van der Waals surface area contributed by atoms with Crippen molar-refractivity contribution in [3.05, 3.63) is 33.8 Å². The van der Waals surface area contributed by atoms with Gasteiger partial charge in [-0.25, -0.2) is 0 Å². The molecule has 19 heavy (non-hydrogen) atoms. The molecule has 1 aromatic carbocycles. The summed E-state index contributed by atoms with van der Waals surface area (Å²) in [5.41, 5.74) is 1.90. The Bertz CT molecular complexity index is 457. The highest BCUT2D eigenvalue weighted by atomic mass is 79.9. The highest BCUT2D eigenvalue weighted by Gasteiger charge is 2.25. The van der Waals surface area contributed by atoms with Crippen LogP contribution in [0.25, 0.3) is 0 Å². The van der Waals surface area contributed by atoms with Crippen molar-refractivity contribution in [2.75, 3.05) is 13.1 Å². The van der Waals surface area contributed by atoms with Crippen LogP contribution in [0.5, 0.6) is 0 Å². The van der Waals surface area contributed by atoms with Gasteiger partial charge in [-0.1, -0.05) is 22.0 Å². The highest BCUT2D eigenvalue weighted by molar-refractivity contribution is 9.10. The summed E-state index contributed by atoms with van der Waals surface area (Å²) in [6.45, 7) is 7.79. The summed E-state index contributed by atoms with van der Waals surface area (Å²) < 4.78 is 0.990. The lowest BCUT2D eigenvalue weighted by molar-refractivity contribution is 0.0673. The van der Waals surface area contributed by atoms with Crippen LogP contribution in [0.4, 0.5) is 0 Å². The number of carbonyl (C=O) groups is 1. The van der Waals surface area contributed by atoms with Gasteiger partial charge in [-0.05, 0) is 38.5 Å². The summed E-state index contributed by atoms with van der Waals surface area (Å²) in [6.07, 6.45) is 0. The Morgan fingerprint density at radius 3 is 2.42 bits per heavy atom. The molecule has 106 valence electrons. The Labute approximate surface area is 129 Å². The van der Waals surface area contributed by atoms with Crippen molar-refractivity contribution in [1.29, 1.82) is 0 Å². The number of halogens is 2. The molecule has 0 aromatic heterocycles. The van der Waals surface area contributed by atoms with Crippen LogP contribution in [0.1, 0.15) is 29.8 Å². The molecule has 2 atom stereocenters. The first-order chi connectivity index (χ1) is 8.47. The lowest BCUT2D eigenvalue weighted by Gasteiger charge is -2.36. The second kappa shape index (κ2) is 6.73. The summed E-state index contributed by atoms with van der Waals surface area (Å²) in [7, 11) is 0. The maximum absolute atomic E-state index is 12.4. The van der Waals surface area contributed by atoms with E-state index in [1.807, 2.05) is 30.0 Å². The number of nitrogens with zero attached hydrogens (tertiary/aromatic N) is 1. The van der Waals surface area contributed by atoms with Crippen LogP contribution >= 0.6 is 28.3 Å². The molecule has 1 amide bonds. The van der Waals surface area contributed by atoms with E-state index in [4.69, 9.17) is 0 Å². The molecule has 2 rings (SSSR count). The number of carbonyl (C=O) groups excluding carboxylic acids is 1. The predicted molar refractivity (Wildman–Crippen MR) is 84.1 cm³/mol. The van der Waals surface area contributed by atoms with Gasteiger partial charge in [0.2, 0.25) is 0 Å². The number of benzene rings is 1. The van der Waals surface area contributed by atoms with Gasteiger partial charge in [0, 0.05) is 35.2 Å². The molecule has 5 heteroatoms. The Kier molecular flexibility index (Phi) is 5.83. The van der Waals surface area contributed by atoms with Gasteiger partial charge in [0.1, 0.15) is 0 Å². The Morgan fingerprint density at radius 2 is 1.89 bits per heavy atom. The molecule has 3 nitrogen and oxygen atoms in total. The Morgan fingerprint density at radius 1 is 1.32 bits per heavy atom. The normalized spacial score (nSPS) is 22.8. The fourth-order valence-electron chi connectivity index (χ4n) is 2.40. The Hall–Kier alpha value is -0.580. The predicted octanol–water partition coefficient (Wildman–Crippen LogP) is 3.00. The van der Waals surface area contributed by atoms with E-state index in [2.05, 4.69) is 35.1 Å². The molecule has 2 unspecified atom stereocenters. The molecular formula is C14H20BrClN2O. The van der Waals surface area contributed by atoms with Crippen LogP contribution < -0.4 is 5.32 Å². The van der Waals surface area contributed by atoms with Crippen molar-refractivity contribution >= 4 is 34.2 Å². The maximum Gasteiger partial charge on any atom is 0.253 e. The van der Waals surface area contributed by atoms with E-state index in [0.29, 0.717) is 12.1 Å². The number of piperazine rings is 1. The summed E-state index contributed by atoms with van der Waals surface area (Å²) in [5.74, 6) is 0.121. The fraction of sp³-hybridized carbons (Fsp3) is 0.500. The first kappa shape index (κ1) is 16.5. The molecule has 0 bridgehead atoms. The van der Waals surface area contributed by atoms with Crippen molar-refractivity contribution in [2.45, 2.75) is 32.9 Å². The molecular weight excluding hydrogens is 328 g/mol. The van der Waals surface area contributed by atoms with Gasteiger partial charge in [0.15, 0.2) is 0 Å². The molecule has 0 saturated carbocycles. The van der Waals surface area contributed by atoms with Gasteiger partial charge < -0.3 is 10.2 Å². The first-order valence-electron chi connectivity index (χ1n) is 6.29. The minimum absolute atomic E-state index is 0. The second-order valence-corrected chi connectivity index (χ2v) is 6.00. The average molecular weight is 348 g/mol. The van der Waals surface area contributed by atoms with Gasteiger partial charge in [0.05, 0.1) is 0 Å². The summed E-state index contributed by atoms with van der Waals surface area (Å²) in [4.78, 5) is 14.4.